The number of anilines is 3. The van der Waals surface area contributed by atoms with E-state index in [0.29, 0.717) is 11.9 Å². The van der Waals surface area contributed by atoms with Crippen LogP contribution in [-0.2, 0) is 9.53 Å². The lowest BCUT2D eigenvalue weighted by Gasteiger charge is -2.13. The monoisotopic (exact) mass is 425 g/mol. The Morgan fingerprint density at radius 2 is 1.68 bits per heavy atom. The first-order valence-electron chi connectivity index (χ1n) is 9.37. The summed E-state index contributed by atoms with van der Waals surface area (Å²) < 4.78 is 15.6. The van der Waals surface area contributed by atoms with Gasteiger partial charge in [0.1, 0.15) is 0 Å². The van der Waals surface area contributed by atoms with Gasteiger partial charge in [0.15, 0.2) is 6.10 Å². The lowest BCUT2D eigenvalue weighted by Crippen LogP contribution is -2.25. The third kappa shape index (κ3) is 5.98. The van der Waals surface area contributed by atoms with Crippen molar-refractivity contribution in [2.45, 2.75) is 20.0 Å². The second-order valence-electron chi connectivity index (χ2n) is 6.72. The summed E-state index contributed by atoms with van der Waals surface area (Å²) in [5.74, 6) is 0.501. The minimum absolute atomic E-state index is 0.0409. The first-order chi connectivity index (χ1) is 14.8. The van der Waals surface area contributed by atoms with Gasteiger partial charge in [0.05, 0.1) is 7.11 Å². The van der Waals surface area contributed by atoms with Crippen LogP contribution in [0.4, 0.5) is 17.6 Å². The lowest BCUT2D eigenvalue weighted by molar-refractivity contribution is -0.148. The minimum Gasteiger partial charge on any atom is -0.466 e. The van der Waals surface area contributed by atoms with Crippen LogP contribution in [0.5, 0.6) is 17.8 Å². The Morgan fingerprint density at radius 1 is 1.00 bits per heavy atom. The van der Waals surface area contributed by atoms with Crippen LogP contribution >= 0.6 is 0 Å². The normalized spacial score (nSPS) is 11.4. The molecule has 2 heterocycles. The number of hydrogen-bond donors (Lipinski definition) is 1. The summed E-state index contributed by atoms with van der Waals surface area (Å²) in [6, 6.07) is 10.9. The minimum atomic E-state index is -0.812. The van der Waals surface area contributed by atoms with E-state index in [-0.39, 0.29) is 17.8 Å². The lowest BCUT2D eigenvalue weighted by atomic mass is 10.2. The summed E-state index contributed by atoms with van der Waals surface area (Å²) in [5, 5.41) is 10.9. The molecule has 0 bridgehead atoms. The van der Waals surface area contributed by atoms with Crippen molar-refractivity contribution in [2.24, 2.45) is 0 Å². The van der Waals surface area contributed by atoms with Crippen LogP contribution in [0.1, 0.15) is 12.5 Å². The predicted molar refractivity (Wildman–Crippen MR) is 113 cm³/mol. The highest BCUT2D eigenvalue weighted by molar-refractivity contribution is 5.74. The van der Waals surface area contributed by atoms with Crippen molar-refractivity contribution in [2.75, 3.05) is 31.4 Å². The maximum Gasteiger partial charge on any atom is 0.346 e. The van der Waals surface area contributed by atoms with Crippen LogP contribution in [0.15, 0.2) is 36.4 Å². The quantitative estimate of drug-likeness (QED) is 0.535. The first kappa shape index (κ1) is 21.7. The molecule has 0 fully saturated rings. The summed E-state index contributed by atoms with van der Waals surface area (Å²) in [7, 11) is 4.90. The van der Waals surface area contributed by atoms with E-state index in [2.05, 4.69) is 35.2 Å². The number of hydrogen-bond acceptors (Lipinski definition) is 11. The molecular formula is C20H23N7O4. The highest BCUT2D eigenvalue weighted by atomic mass is 16.6. The van der Waals surface area contributed by atoms with Gasteiger partial charge in [-0.1, -0.05) is 17.7 Å². The number of nitrogens with zero attached hydrogens (tertiary/aromatic N) is 6. The van der Waals surface area contributed by atoms with Gasteiger partial charge in [0.2, 0.25) is 23.7 Å². The molecule has 162 valence electrons. The molecule has 0 amide bonds. The van der Waals surface area contributed by atoms with Crippen LogP contribution in [0.25, 0.3) is 0 Å². The van der Waals surface area contributed by atoms with Gasteiger partial charge in [-0.2, -0.15) is 15.0 Å². The summed E-state index contributed by atoms with van der Waals surface area (Å²) in [6.07, 6.45) is -0.812. The van der Waals surface area contributed by atoms with Gasteiger partial charge in [-0.15, -0.1) is 10.2 Å². The number of carbonyl (C=O) groups is 1. The van der Waals surface area contributed by atoms with Crippen LogP contribution in [-0.4, -0.2) is 58.4 Å². The molecule has 3 rings (SSSR count). The molecule has 1 aromatic carbocycles. The average Bonchev–Trinajstić information content (AvgIpc) is 2.76. The Morgan fingerprint density at radius 3 is 2.29 bits per heavy atom. The molecule has 0 aliphatic heterocycles. The van der Waals surface area contributed by atoms with E-state index in [0.717, 1.165) is 11.3 Å². The number of esters is 1. The average molecular weight is 425 g/mol. The molecule has 0 spiro atoms. The van der Waals surface area contributed by atoms with Gasteiger partial charge in [-0.05, 0) is 26.0 Å². The Bertz CT molecular complexity index is 1030. The number of rotatable bonds is 8. The van der Waals surface area contributed by atoms with Crippen LogP contribution in [0.2, 0.25) is 0 Å². The Balaban J connectivity index is 1.76. The van der Waals surface area contributed by atoms with Crippen molar-refractivity contribution >= 4 is 23.6 Å². The second-order valence-corrected chi connectivity index (χ2v) is 6.72. The number of ether oxygens (including phenoxy) is 3. The highest BCUT2D eigenvalue weighted by Gasteiger charge is 2.16. The SMILES string of the molecule is COC(=O)[C@H](C)Oc1ccc(Oc2nc(Nc3ccc(C)cc3)nc(N(C)C)n2)nn1. The second kappa shape index (κ2) is 9.65. The number of methoxy groups -OCH3 is 1. The van der Waals surface area contributed by atoms with Gasteiger partial charge in [0.25, 0.3) is 0 Å². The van der Waals surface area contributed by atoms with Gasteiger partial charge >= 0.3 is 12.0 Å². The standard InChI is InChI=1S/C20H23N7O4/c1-12-6-8-14(9-7-12)21-18-22-19(27(3)4)24-20(23-18)31-16-11-10-15(25-26-16)30-13(2)17(28)29-5/h6-11,13H,1-5H3,(H,21,22,23,24)/t13-/m0/s1. The van der Waals surface area contributed by atoms with Gasteiger partial charge in [0, 0.05) is 31.9 Å². The fourth-order valence-electron chi connectivity index (χ4n) is 2.33. The molecule has 0 aliphatic carbocycles. The maximum atomic E-state index is 11.4. The third-order valence-corrected chi connectivity index (χ3v) is 3.95. The summed E-state index contributed by atoms with van der Waals surface area (Å²) in [5.41, 5.74) is 1.97. The molecule has 1 atom stereocenters. The zero-order valence-electron chi connectivity index (χ0n) is 17.9. The number of benzene rings is 1. The van der Waals surface area contributed by atoms with Crippen molar-refractivity contribution in [3.63, 3.8) is 0 Å². The smallest absolute Gasteiger partial charge is 0.346 e. The van der Waals surface area contributed by atoms with Crippen molar-refractivity contribution in [3.05, 3.63) is 42.0 Å². The number of aromatic nitrogens is 5. The Hall–Kier alpha value is -4.02. The first-order valence-corrected chi connectivity index (χ1v) is 9.37. The summed E-state index contributed by atoms with van der Waals surface area (Å²) in [4.78, 5) is 26.1. The summed E-state index contributed by atoms with van der Waals surface area (Å²) in [6.45, 7) is 3.56. The molecule has 1 N–H and O–H groups in total. The predicted octanol–water partition coefficient (Wildman–Crippen LogP) is 2.51. The zero-order chi connectivity index (χ0) is 22.4. The molecule has 2 aromatic heterocycles. The zero-order valence-corrected chi connectivity index (χ0v) is 17.9. The molecule has 31 heavy (non-hydrogen) atoms. The topological polar surface area (TPSA) is 124 Å². The molecular weight excluding hydrogens is 402 g/mol. The molecule has 11 nitrogen and oxygen atoms in total. The largest absolute Gasteiger partial charge is 0.466 e. The molecule has 0 unspecified atom stereocenters. The van der Waals surface area contributed by atoms with E-state index in [9.17, 15) is 4.79 Å². The van der Waals surface area contributed by atoms with E-state index in [1.807, 2.05) is 45.3 Å². The van der Waals surface area contributed by atoms with Crippen molar-refractivity contribution in [3.8, 4) is 17.8 Å². The maximum absolute atomic E-state index is 11.4. The van der Waals surface area contributed by atoms with Crippen LogP contribution < -0.4 is 19.7 Å². The molecule has 0 radical (unpaired) electrons. The Kier molecular flexibility index (Phi) is 6.75. The number of aryl methyl sites for hydroxylation is 1. The molecule has 11 heteroatoms. The molecule has 0 saturated heterocycles. The van der Waals surface area contributed by atoms with Gasteiger partial charge in [-0.25, -0.2) is 4.79 Å². The van der Waals surface area contributed by atoms with Gasteiger partial charge in [-0.3, -0.25) is 0 Å². The number of carbonyl (C=O) groups excluding carboxylic acids is 1. The Labute approximate surface area is 179 Å². The van der Waals surface area contributed by atoms with E-state index in [1.165, 1.54) is 19.2 Å². The van der Waals surface area contributed by atoms with E-state index >= 15 is 0 Å². The fourth-order valence-corrected chi connectivity index (χ4v) is 2.33. The van der Waals surface area contributed by atoms with Crippen LogP contribution in [0.3, 0.4) is 0 Å². The highest BCUT2D eigenvalue weighted by Crippen LogP contribution is 2.22. The molecule has 0 saturated carbocycles. The van der Waals surface area contributed by atoms with Crippen molar-refractivity contribution in [1.82, 2.24) is 25.1 Å². The van der Waals surface area contributed by atoms with Crippen LogP contribution in [0, 0.1) is 6.92 Å². The number of nitrogens with one attached hydrogen (secondary N) is 1. The van der Waals surface area contributed by atoms with E-state index < -0.39 is 12.1 Å². The van der Waals surface area contributed by atoms with E-state index in [4.69, 9.17) is 9.47 Å². The summed E-state index contributed by atoms with van der Waals surface area (Å²) >= 11 is 0. The van der Waals surface area contributed by atoms with Gasteiger partial charge < -0.3 is 24.4 Å². The fraction of sp³-hybridized carbons (Fsp3) is 0.300. The van der Waals surface area contributed by atoms with Crippen molar-refractivity contribution < 1.29 is 19.0 Å². The van der Waals surface area contributed by atoms with Crippen molar-refractivity contribution in [1.29, 1.82) is 0 Å². The van der Waals surface area contributed by atoms with E-state index in [1.54, 1.807) is 11.8 Å². The third-order valence-electron chi connectivity index (χ3n) is 3.95. The molecule has 3 aromatic rings. The molecule has 0 aliphatic rings.